The molecule has 9 nitrogen and oxygen atoms in total. The Balaban J connectivity index is 1.95. The minimum absolute atomic E-state index is 0.113. The molecule has 0 heterocycles. The van der Waals surface area contributed by atoms with Crippen LogP contribution >= 0.6 is 0 Å². The maximum atomic E-state index is 13.0. The fourth-order valence-corrected chi connectivity index (χ4v) is 3.69. The Morgan fingerprint density at radius 3 is 2.08 bits per heavy atom. The third-order valence-electron chi connectivity index (χ3n) is 5.77. The summed E-state index contributed by atoms with van der Waals surface area (Å²) in [6.07, 6.45) is 0.617. The van der Waals surface area contributed by atoms with Crippen molar-refractivity contribution in [2.75, 3.05) is 19.0 Å². The average molecular weight is 510 g/mol. The van der Waals surface area contributed by atoms with Crippen molar-refractivity contribution in [2.45, 2.75) is 58.8 Å². The number of urea groups is 1. The Labute approximate surface area is 219 Å². The van der Waals surface area contributed by atoms with Crippen molar-refractivity contribution in [1.29, 1.82) is 0 Å². The van der Waals surface area contributed by atoms with Gasteiger partial charge in [0.25, 0.3) is 5.91 Å². The van der Waals surface area contributed by atoms with E-state index in [-0.39, 0.29) is 18.9 Å². The Hall–Kier alpha value is -3.88. The summed E-state index contributed by atoms with van der Waals surface area (Å²) in [6.45, 7) is 6.09. The Kier molecular flexibility index (Phi) is 11.6. The standard InChI is InChI=1S/C28H39N5O4/c1-6-23(25(34)27(36)29-18-21-13-10-14-22(16-21)33(4)5)31-26(35)24(15-19(2)3)32-28(37)30-17-20-11-8-7-9-12-20/h7-14,16,19,23-24H,6,15,17-18H2,1-5H3,(H,29,36)(H,31,35)(H2,30,32,37)/t23?,24-/m0/s1. The van der Waals surface area contributed by atoms with Crippen LogP contribution in [0.15, 0.2) is 54.6 Å². The smallest absolute Gasteiger partial charge is 0.315 e. The van der Waals surface area contributed by atoms with Gasteiger partial charge in [-0.1, -0.05) is 63.2 Å². The first-order valence-corrected chi connectivity index (χ1v) is 12.6. The number of ketones is 1. The second-order valence-corrected chi connectivity index (χ2v) is 9.58. The van der Waals surface area contributed by atoms with E-state index in [2.05, 4.69) is 21.3 Å². The summed E-state index contributed by atoms with van der Waals surface area (Å²) in [5, 5.41) is 10.7. The molecular weight excluding hydrogens is 470 g/mol. The lowest BCUT2D eigenvalue weighted by Gasteiger charge is -2.23. The van der Waals surface area contributed by atoms with Crippen molar-refractivity contribution in [2.24, 2.45) is 5.92 Å². The van der Waals surface area contributed by atoms with Gasteiger partial charge in [0.2, 0.25) is 11.7 Å². The zero-order valence-corrected chi connectivity index (χ0v) is 22.3. The summed E-state index contributed by atoms with van der Waals surface area (Å²) < 4.78 is 0. The number of carbonyl (C=O) groups is 4. The van der Waals surface area contributed by atoms with E-state index in [0.29, 0.717) is 13.0 Å². The minimum atomic E-state index is -0.996. The molecule has 0 aliphatic rings. The lowest BCUT2D eigenvalue weighted by atomic mass is 10.0. The molecule has 9 heteroatoms. The molecule has 0 aliphatic heterocycles. The highest BCUT2D eigenvalue weighted by atomic mass is 16.2. The Morgan fingerprint density at radius 2 is 1.46 bits per heavy atom. The lowest BCUT2D eigenvalue weighted by molar-refractivity contribution is -0.140. The fourth-order valence-electron chi connectivity index (χ4n) is 3.69. The van der Waals surface area contributed by atoms with Crippen molar-refractivity contribution in [3.63, 3.8) is 0 Å². The van der Waals surface area contributed by atoms with E-state index >= 15 is 0 Å². The summed E-state index contributed by atoms with van der Waals surface area (Å²) in [5.74, 6) is -1.88. The number of carbonyl (C=O) groups excluding carboxylic acids is 4. The number of amides is 4. The van der Waals surface area contributed by atoms with Gasteiger partial charge in [-0.15, -0.1) is 0 Å². The molecule has 4 amide bonds. The first kappa shape index (κ1) is 29.4. The third-order valence-corrected chi connectivity index (χ3v) is 5.77. The zero-order chi connectivity index (χ0) is 27.4. The van der Waals surface area contributed by atoms with Crippen LogP contribution in [0.1, 0.15) is 44.7 Å². The van der Waals surface area contributed by atoms with Gasteiger partial charge in [-0.25, -0.2) is 4.79 Å². The summed E-state index contributed by atoms with van der Waals surface area (Å²) in [6, 6.07) is 14.7. The predicted octanol–water partition coefficient (Wildman–Crippen LogP) is 2.75. The lowest BCUT2D eigenvalue weighted by Crippen LogP contribution is -2.55. The second kappa shape index (κ2) is 14.6. The molecule has 0 aromatic heterocycles. The largest absolute Gasteiger partial charge is 0.378 e. The second-order valence-electron chi connectivity index (χ2n) is 9.58. The number of Topliss-reactive ketones (excluding diaryl/α,β-unsaturated/α-hetero) is 1. The summed E-state index contributed by atoms with van der Waals surface area (Å²) in [7, 11) is 3.84. The third kappa shape index (κ3) is 9.95. The molecule has 0 saturated carbocycles. The highest BCUT2D eigenvalue weighted by Crippen LogP contribution is 2.13. The molecule has 4 N–H and O–H groups in total. The van der Waals surface area contributed by atoms with Crippen LogP contribution in [0.2, 0.25) is 0 Å². The average Bonchev–Trinajstić information content (AvgIpc) is 2.88. The van der Waals surface area contributed by atoms with Gasteiger partial charge in [0.05, 0.1) is 6.04 Å². The fraction of sp³-hybridized carbons (Fsp3) is 0.429. The molecule has 2 aromatic rings. The number of rotatable bonds is 13. The molecule has 37 heavy (non-hydrogen) atoms. The van der Waals surface area contributed by atoms with Crippen LogP contribution in [-0.2, 0) is 27.5 Å². The van der Waals surface area contributed by atoms with E-state index < -0.39 is 35.7 Å². The Morgan fingerprint density at radius 1 is 0.811 bits per heavy atom. The summed E-state index contributed by atoms with van der Waals surface area (Å²) >= 11 is 0. The molecule has 2 rings (SSSR count). The van der Waals surface area contributed by atoms with E-state index in [9.17, 15) is 19.2 Å². The maximum Gasteiger partial charge on any atom is 0.315 e. The molecular formula is C28H39N5O4. The normalized spacial score (nSPS) is 12.3. The monoisotopic (exact) mass is 509 g/mol. The van der Waals surface area contributed by atoms with Gasteiger partial charge < -0.3 is 26.2 Å². The van der Waals surface area contributed by atoms with E-state index in [0.717, 1.165) is 16.8 Å². The number of anilines is 1. The molecule has 0 spiro atoms. The molecule has 2 atom stereocenters. The van der Waals surface area contributed by atoms with Crippen LogP contribution in [0.25, 0.3) is 0 Å². The molecule has 0 bridgehead atoms. The van der Waals surface area contributed by atoms with Crippen LogP contribution < -0.4 is 26.2 Å². The van der Waals surface area contributed by atoms with E-state index in [1.54, 1.807) is 6.92 Å². The zero-order valence-electron chi connectivity index (χ0n) is 22.3. The molecule has 0 radical (unpaired) electrons. The van der Waals surface area contributed by atoms with Crippen molar-refractivity contribution in [3.8, 4) is 0 Å². The van der Waals surface area contributed by atoms with E-state index in [4.69, 9.17) is 0 Å². The first-order valence-electron chi connectivity index (χ1n) is 12.6. The summed E-state index contributed by atoms with van der Waals surface area (Å²) in [5.41, 5.74) is 2.76. The minimum Gasteiger partial charge on any atom is -0.378 e. The molecule has 0 aliphatic carbocycles. The van der Waals surface area contributed by atoms with Crippen molar-refractivity contribution in [3.05, 3.63) is 65.7 Å². The number of hydrogen-bond donors (Lipinski definition) is 4. The van der Waals surface area contributed by atoms with Crippen LogP contribution in [0.3, 0.4) is 0 Å². The Bertz CT molecular complexity index is 1060. The van der Waals surface area contributed by atoms with Crippen molar-refractivity contribution >= 4 is 29.3 Å². The SMILES string of the molecule is CCC(NC(=O)[C@H](CC(C)C)NC(=O)NCc1ccccc1)C(=O)C(=O)NCc1cccc(N(C)C)c1. The van der Waals surface area contributed by atoms with Gasteiger partial charge >= 0.3 is 6.03 Å². The van der Waals surface area contributed by atoms with Gasteiger partial charge in [-0.05, 0) is 42.0 Å². The van der Waals surface area contributed by atoms with Crippen LogP contribution in [-0.4, -0.2) is 49.8 Å². The first-order chi connectivity index (χ1) is 17.6. The van der Waals surface area contributed by atoms with Crippen LogP contribution in [0.4, 0.5) is 10.5 Å². The van der Waals surface area contributed by atoms with E-state index in [1.807, 2.05) is 87.4 Å². The molecule has 0 saturated heterocycles. The van der Waals surface area contributed by atoms with Crippen LogP contribution in [0.5, 0.6) is 0 Å². The summed E-state index contributed by atoms with van der Waals surface area (Å²) in [4.78, 5) is 52.8. The van der Waals surface area contributed by atoms with Gasteiger partial charge in [0.15, 0.2) is 0 Å². The van der Waals surface area contributed by atoms with Gasteiger partial charge in [-0.2, -0.15) is 0 Å². The van der Waals surface area contributed by atoms with Gasteiger partial charge in [0, 0.05) is 32.9 Å². The van der Waals surface area contributed by atoms with Gasteiger partial charge in [-0.3, -0.25) is 14.4 Å². The number of nitrogens with zero attached hydrogens (tertiary/aromatic N) is 1. The molecule has 2 aromatic carbocycles. The molecule has 200 valence electrons. The number of nitrogens with one attached hydrogen (secondary N) is 4. The predicted molar refractivity (Wildman–Crippen MR) is 145 cm³/mol. The van der Waals surface area contributed by atoms with Crippen molar-refractivity contribution in [1.82, 2.24) is 21.3 Å². The number of hydrogen-bond acceptors (Lipinski definition) is 5. The topological polar surface area (TPSA) is 120 Å². The highest BCUT2D eigenvalue weighted by Gasteiger charge is 2.29. The van der Waals surface area contributed by atoms with Crippen LogP contribution in [0, 0.1) is 5.92 Å². The van der Waals surface area contributed by atoms with Crippen molar-refractivity contribution < 1.29 is 19.2 Å². The van der Waals surface area contributed by atoms with E-state index in [1.165, 1.54) is 0 Å². The highest BCUT2D eigenvalue weighted by molar-refractivity contribution is 6.38. The molecule has 0 fully saturated rings. The van der Waals surface area contributed by atoms with Gasteiger partial charge in [0.1, 0.15) is 6.04 Å². The quantitative estimate of drug-likeness (QED) is 0.310. The maximum absolute atomic E-state index is 13.0. The molecule has 1 unspecified atom stereocenters. The number of benzene rings is 2.